The van der Waals surface area contributed by atoms with E-state index in [0.29, 0.717) is 11.3 Å². The van der Waals surface area contributed by atoms with Gasteiger partial charge in [-0.05, 0) is 30.3 Å². The Morgan fingerprint density at radius 3 is 2.38 bits per heavy atom. The molecule has 0 fully saturated rings. The fraction of sp³-hybridized carbons (Fsp3) is 0. The molecule has 3 heterocycles. The SMILES string of the molecule is O=C(O)c1cc2cc3ccccc3nc2n2c1nc1ccccc12. The van der Waals surface area contributed by atoms with Gasteiger partial charge in [-0.2, -0.15) is 0 Å². The lowest BCUT2D eigenvalue weighted by Crippen LogP contribution is -2.03. The van der Waals surface area contributed by atoms with Crippen molar-refractivity contribution in [1.82, 2.24) is 14.4 Å². The van der Waals surface area contributed by atoms with Crippen LogP contribution < -0.4 is 0 Å². The minimum Gasteiger partial charge on any atom is -0.478 e. The van der Waals surface area contributed by atoms with E-state index in [-0.39, 0.29) is 5.56 Å². The molecule has 2 aromatic carbocycles. The fourth-order valence-corrected chi connectivity index (χ4v) is 3.21. The second kappa shape index (κ2) is 4.52. The number of aromatic nitrogens is 3. The van der Waals surface area contributed by atoms with Crippen molar-refractivity contribution in [3.05, 3.63) is 66.2 Å². The smallest absolute Gasteiger partial charge is 0.339 e. The van der Waals surface area contributed by atoms with Crippen LogP contribution in [0, 0.1) is 0 Å². The molecule has 0 saturated heterocycles. The first-order valence-corrected chi connectivity index (χ1v) is 7.55. The van der Waals surface area contributed by atoms with E-state index in [1.807, 2.05) is 59.0 Å². The Morgan fingerprint density at radius 2 is 1.54 bits per heavy atom. The van der Waals surface area contributed by atoms with Gasteiger partial charge in [0.1, 0.15) is 11.2 Å². The van der Waals surface area contributed by atoms with Gasteiger partial charge >= 0.3 is 5.97 Å². The second-order valence-electron chi connectivity index (χ2n) is 5.72. The summed E-state index contributed by atoms with van der Waals surface area (Å²) in [6.45, 7) is 0. The van der Waals surface area contributed by atoms with Crippen LogP contribution in [0.3, 0.4) is 0 Å². The Bertz CT molecular complexity index is 1290. The molecule has 114 valence electrons. The van der Waals surface area contributed by atoms with Gasteiger partial charge in [0.15, 0.2) is 5.65 Å². The number of nitrogens with zero attached hydrogens (tertiary/aromatic N) is 3. The molecule has 0 aliphatic carbocycles. The highest BCUT2D eigenvalue weighted by atomic mass is 16.4. The van der Waals surface area contributed by atoms with E-state index in [1.165, 1.54) is 0 Å². The maximum absolute atomic E-state index is 11.7. The number of benzene rings is 2. The highest BCUT2D eigenvalue weighted by molar-refractivity contribution is 6.04. The number of carbonyl (C=O) groups is 1. The highest BCUT2D eigenvalue weighted by Crippen LogP contribution is 2.27. The summed E-state index contributed by atoms with van der Waals surface area (Å²) in [5, 5.41) is 11.4. The molecule has 0 bridgehead atoms. The molecule has 0 atom stereocenters. The molecule has 1 N–H and O–H groups in total. The number of hydrogen-bond donors (Lipinski definition) is 1. The lowest BCUT2D eigenvalue weighted by atomic mass is 10.1. The molecule has 5 heteroatoms. The first-order chi connectivity index (χ1) is 11.7. The summed E-state index contributed by atoms with van der Waals surface area (Å²) in [6, 6.07) is 19.0. The van der Waals surface area contributed by atoms with Gasteiger partial charge in [0, 0.05) is 10.8 Å². The van der Waals surface area contributed by atoms with E-state index in [2.05, 4.69) is 4.98 Å². The van der Waals surface area contributed by atoms with Crippen LogP contribution >= 0.6 is 0 Å². The number of aromatic carboxylic acids is 1. The van der Waals surface area contributed by atoms with E-state index in [1.54, 1.807) is 6.07 Å². The van der Waals surface area contributed by atoms with E-state index < -0.39 is 5.97 Å². The molecule has 3 aromatic heterocycles. The van der Waals surface area contributed by atoms with Gasteiger partial charge in [0.25, 0.3) is 0 Å². The molecule has 0 radical (unpaired) electrons. The van der Waals surface area contributed by atoms with Crippen LogP contribution in [-0.2, 0) is 0 Å². The monoisotopic (exact) mass is 313 g/mol. The van der Waals surface area contributed by atoms with E-state index in [0.717, 1.165) is 27.3 Å². The molecule has 5 aromatic rings. The van der Waals surface area contributed by atoms with Crippen LogP contribution in [0.25, 0.3) is 38.6 Å². The van der Waals surface area contributed by atoms with Gasteiger partial charge in [0.05, 0.1) is 16.6 Å². The molecule has 24 heavy (non-hydrogen) atoms. The minimum absolute atomic E-state index is 0.177. The van der Waals surface area contributed by atoms with Crippen molar-refractivity contribution in [2.45, 2.75) is 0 Å². The van der Waals surface area contributed by atoms with Crippen LogP contribution in [0.2, 0.25) is 0 Å². The van der Waals surface area contributed by atoms with Crippen molar-refractivity contribution in [2.24, 2.45) is 0 Å². The predicted molar refractivity (Wildman–Crippen MR) is 92.5 cm³/mol. The minimum atomic E-state index is -0.995. The Labute approximate surface area is 135 Å². The Balaban J connectivity index is 2.11. The predicted octanol–water partition coefficient (Wildman–Crippen LogP) is 3.89. The third kappa shape index (κ3) is 1.66. The van der Waals surface area contributed by atoms with Crippen molar-refractivity contribution in [3.63, 3.8) is 0 Å². The maximum Gasteiger partial charge on any atom is 0.339 e. The standard InChI is InChI=1S/C19H11N3O2/c23-19(24)13-10-12-9-11-5-1-2-6-14(11)20-17(12)22-16-8-4-3-7-15(16)21-18(13)22/h1-10H,(H,23,24). The first-order valence-electron chi connectivity index (χ1n) is 7.55. The summed E-state index contributed by atoms with van der Waals surface area (Å²) in [6.07, 6.45) is 0. The molecule has 0 saturated carbocycles. The van der Waals surface area contributed by atoms with Gasteiger partial charge in [-0.15, -0.1) is 0 Å². The summed E-state index contributed by atoms with van der Waals surface area (Å²) in [7, 11) is 0. The molecule has 5 rings (SSSR count). The van der Waals surface area contributed by atoms with E-state index >= 15 is 0 Å². The van der Waals surface area contributed by atoms with E-state index in [9.17, 15) is 9.90 Å². The third-order valence-electron chi connectivity index (χ3n) is 4.28. The largest absolute Gasteiger partial charge is 0.478 e. The number of rotatable bonds is 1. The second-order valence-corrected chi connectivity index (χ2v) is 5.72. The number of pyridine rings is 2. The molecule has 0 aliphatic heterocycles. The van der Waals surface area contributed by atoms with Crippen molar-refractivity contribution >= 4 is 44.6 Å². The van der Waals surface area contributed by atoms with Crippen molar-refractivity contribution < 1.29 is 9.90 Å². The molecule has 0 unspecified atom stereocenters. The van der Waals surface area contributed by atoms with Gasteiger partial charge in [-0.25, -0.2) is 14.8 Å². The van der Waals surface area contributed by atoms with Crippen molar-refractivity contribution in [3.8, 4) is 0 Å². The van der Waals surface area contributed by atoms with E-state index in [4.69, 9.17) is 4.98 Å². The summed E-state index contributed by atoms with van der Waals surface area (Å²) >= 11 is 0. The molecule has 0 aliphatic rings. The zero-order valence-electron chi connectivity index (χ0n) is 12.5. The van der Waals surface area contributed by atoms with Crippen LogP contribution in [0.5, 0.6) is 0 Å². The van der Waals surface area contributed by atoms with Crippen LogP contribution in [0.15, 0.2) is 60.7 Å². The third-order valence-corrected chi connectivity index (χ3v) is 4.28. The summed E-state index contributed by atoms with van der Waals surface area (Å²) in [4.78, 5) is 21.0. The lowest BCUT2D eigenvalue weighted by molar-refractivity contribution is 0.0698. The Morgan fingerprint density at radius 1 is 0.833 bits per heavy atom. The number of carboxylic acid groups (broad SMARTS) is 1. The summed E-state index contributed by atoms with van der Waals surface area (Å²) in [5.41, 5.74) is 3.77. The average molecular weight is 313 g/mol. The number of imidazole rings is 1. The molecular weight excluding hydrogens is 302 g/mol. The van der Waals surface area contributed by atoms with Gasteiger partial charge in [0.2, 0.25) is 0 Å². The Kier molecular flexibility index (Phi) is 2.45. The van der Waals surface area contributed by atoms with Crippen LogP contribution in [0.1, 0.15) is 10.4 Å². The normalized spacial score (nSPS) is 11.7. The average Bonchev–Trinajstić information content (AvgIpc) is 2.99. The van der Waals surface area contributed by atoms with Crippen molar-refractivity contribution in [1.29, 1.82) is 0 Å². The topological polar surface area (TPSA) is 67.5 Å². The molecule has 5 nitrogen and oxygen atoms in total. The number of carboxylic acids is 1. The Hall–Kier alpha value is -3.47. The lowest BCUT2D eigenvalue weighted by Gasteiger charge is -2.07. The fourth-order valence-electron chi connectivity index (χ4n) is 3.21. The summed E-state index contributed by atoms with van der Waals surface area (Å²) in [5.74, 6) is -0.995. The number of hydrogen-bond acceptors (Lipinski definition) is 3. The van der Waals surface area contributed by atoms with Crippen LogP contribution in [-0.4, -0.2) is 25.4 Å². The number of fused-ring (bicyclic) bond motifs is 6. The molecule has 0 spiro atoms. The van der Waals surface area contributed by atoms with Gasteiger partial charge < -0.3 is 5.11 Å². The van der Waals surface area contributed by atoms with Gasteiger partial charge in [-0.1, -0.05) is 30.3 Å². The molecule has 0 amide bonds. The molecular formula is C19H11N3O2. The van der Waals surface area contributed by atoms with Crippen LogP contribution in [0.4, 0.5) is 0 Å². The summed E-state index contributed by atoms with van der Waals surface area (Å²) < 4.78 is 1.83. The van der Waals surface area contributed by atoms with Gasteiger partial charge in [-0.3, -0.25) is 4.40 Å². The van der Waals surface area contributed by atoms with Crippen molar-refractivity contribution in [2.75, 3.05) is 0 Å². The number of para-hydroxylation sites is 3. The zero-order chi connectivity index (χ0) is 16.3. The first kappa shape index (κ1) is 13.0. The maximum atomic E-state index is 11.7. The zero-order valence-corrected chi connectivity index (χ0v) is 12.5. The highest BCUT2D eigenvalue weighted by Gasteiger charge is 2.17. The quantitative estimate of drug-likeness (QED) is 0.477.